The molecule has 228 valence electrons. The molecule has 1 aromatic heterocycles. The summed E-state index contributed by atoms with van der Waals surface area (Å²) >= 11 is 0. The van der Waals surface area contributed by atoms with Crippen molar-refractivity contribution in [2.75, 3.05) is 20.1 Å². The van der Waals surface area contributed by atoms with E-state index in [0.717, 1.165) is 38.7 Å². The number of nitrogens with one attached hydrogen (secondary N) is 3. The summed E-state index contributed by atoms with van der Waals surface area (Å²) in [6.07, 6.45) is 2.44. The van der Waals surface area contributed by atoms with Crippen molar-refractivity contribution in [3.8, 4) is 0 Å². The number of nitrogens with zero attached hydrogens (tertiary/aromatic N) is 2. The second-order valence-corrected chi connectivity index (χ2v) is 11.7. The molecule has 0 bridgehead atoms. The fourth-order valence-electron chi connectivity index (χ4n) is 5.86. The molecule has 9 nitrogen and oxygen atoms in total. The van der Waals surface area contributed by atoms with Crippen LogP contribution in [0.25, 0.3) is 10.9 Å². The molecule has 3 N–H and O–H groups in total. The molecule has 1 aliphatic rings. The number of aromatic amines is 1. The maximum absolute atomic E-state index is 13.9. The van der Waals surface area contributed by atoms with Gasteiger partial charge in [0.2, 0.25) is 23.6 Å². The van der Waals surface area contributed by atoms with Gasteiger partial charge in [-0.2, -0.15) is 0 Å². The van der Waals surface area contributed by atoms with Crippen molar-refractivity contribution >= 4 is 34.5 Å². The first-order valence-electron chi connectivity index (χ1n) is 14.9. The van der Waals surface area contributed by atoms with Crippen molar-refractivity contribution in [1.29, 1.82) is 0 Å². The Morgan fingerprint density at radius 3 is 2.39 bits per heavy atom. The van der Waals surface area contributed by atoms with Crippen molar-refractivity contribution < 1.29 is 19.2 Å². The molecule has 4 aromatic rings. The van der Waals surface area contributed by atoms with Gasteiger partial charge in [-0.1, -0.05) is 60.7 Å². The molecule has 9 heteroatoms. The van der Waals surface area contributed by atoms with Crippen LogP contribution in [0.1, 0.15) is 33.4 Å². The molecule has 1 fully saturated rings. The maximum Gasteiger partial charge on any atom is 0.246 e. The fraction of sp³-hybridized carbons (Fsp3) is 0.314. The Labute approximate surface area is 257 Å². The number of carbonyl (C=O) groups is 4. The zero-order chi connectivity index (χ0) is 31.4. The highest BCUT2D eigenvalue weighted by Crippen LogP contribution is 2.21. The normalized spacial score (nSPS) is 15.6. The van der Waals surface area contributed by atoms with Gasteiger partial charge in [0.25, 0.3) is 0 Å². The van der Waals surface area contributed by atoms with E-state index >= 15 is 0 Å². The van der Waals surface area contributed by atoms with Crippen LogP contribution in [0, 0.1) is 20.8 Å². The minimum atomic E-state index is -0.881. The van der Waals surface area contributed by atoms with Gasteiger partial charge in [-0.25, -0.2) is 0 Å². The molecule has 2 heterocycles. The highest BCUT2D eigenvalue weighted by molar-refractivity contribution is 5.98. The zero-order valence-corrected chi connectivity index (χ0v) is 25.6. The Balaban J connectivity index is 1.33. The van der Waals surface area contributed by atoms with E-state index in [0.29, 0.717) is 13.0 Å². The lowest BCUT2D eigenvalue weighted by atomic mass is 10.00. The molecule has 0 radical (unpaired) electrons. The van der Waals surface area contributed by atoms with E-state index in [1.807, 2.05) is 60.8 Å². The number of hydrogen-bond donors (Lipinski definition) is 3. The predicted molar refractivity (Wildman–Crippen MR) is 170 cm³/mol. The molecule has 0 saturated carbocycles. The Hall–Kier alpha value is -4.92. The summed E-state index contributed by atoms with van der Waals surface area (Å²) in [5, 5.41) is 6.61. The second-order valence-electron chi connectivity index (χ2n) is 11.7. The number of amides is 4. The number of para-hydroxylation sites is 1. The Morgan fingerprint density at radius 2 is 1.66 bits per heavy atom. The van der Waals surface area contributed by atoms with Gasteiger partial charge in [-0.3, -0.25) is 19.2 Å². The van der Waals surface area contributed by atoms with Gasteiger partial charge in [0.05, 0.1) is 0 Å². The SMILES string of the molecule is Cc1cc(CN(C)C(=O)C(Cc2c[nH]c3ccccc23)NC(=O)CN2CC(=O)NC(Cc3ccccc3)C2=O)cc(C)c1C. The van der Waals surface area contributed by atoms with Crippen LogP contribution in [0.15, 0.2) is 72.9 Å². The number of likely N-dealkylation sites (N-methyl/N-ethyl adjacent to an activating group) is 1. The van der Waals surface area contributed by atoms with Gasteiger partial charge >= 0.3 is 0 Å². The van der Waals surface area contributed by atoms with Crippen LogP contribution >= 0.6 is 0 Å². The number of H-pyrrole nitrogens is 1. The molecule has 5 rings (SSSR count). The zero-order valence-electron chi connectivity index (χ0n) is 25.6. The molecule has 2 unspecified atom stereocenters. The third kappa shape index (κ3) is 6.99. The van der Waals surface area contributed by atoms with E-state index < -0.39 is 18.0 Å². The van der Waals surface area contributed by atoms with Crippen LogP contribution in [0.4, 0.5) is 0 Å². The summed E-state index contributed by atoms with van der Waals surface area (Å²) in [6, 6.07) is 19.7. The van der Waals surface area contributed by atoms with E-state index in [-0.39, 0.29) is 37.2 Å². The van der Waals surface area contributed by atoms with Crippen molar-refractivity contribution in [1.82, 2.24) is 25.4 Å². The number of benzene rings is 3. The Morgan fingerprint density at radius 1 is 0.977 bits per heavy atom. The first-order chi connectivity index (χ1) is 21.1. The highest BCUT2D eigenvalue weighted by Gasteiger charge is 2.34. The monoisotopic (exact) mass is 593 g/mol. The summed E-state index contributed by atoms with van der Waals surface area (Å²) in [6.45, 7) is 6.03. The third-order valence-electron chi connectivity index (χ3n) is 8.41. The minimum Gasteiger partial charge on any atom is -0.361 e. The topological polar surface area (TPSA) is 115 Å². The molecule has 0 spiro atoms. The highest BCUT2D eigenvalue weighted by atomic mass is 16.2. The van der Waals surface area contributed by atoms with Gasteiger partial charge in [0.15, 0.2) is 0 Å². The summed E-state index contributed by atoms with van der Waals surface area (Å²) in [4.78, 5) is 59.2. The van der Waals surface area contributed by atoms with Crippen LogP contribution in [-0.4, -0.2) is 70.6 Å². The van der Waals surface area contributed by atoms with E-state index in [2.05, 4.69) is 48.5 Å². The number of aryl methyl sites for hydroxylation is 2. The third-order valence-corrected chi connectivity index (χ3v) is 8.41. The lowest BCUT2D eigenvalue weighted by Crippen LogP contribution is -2.61. The number of fused-ring (bicyclic) bond motifs is 1. The average Bonchev–Trinajstić information content (AvgIpc) is 3.40. The molecule has 4 amide bonds. The molecular weight excluding hydrogens is 554 g/mol. The first kappa shape index (κ1) is 30.5. The van der Waals surface area contributed by atoms with E-state index in [1.54, 1.807) is 11.9 Å². The van der Waals surface area contributed by atoms with Crippen molar-refractivity contribution in [2.24, 2.45) is 0 Å². The average molecular weight is 594 g/mol. The van der Waals surface area contributed by atoms with Crippen LogP contribution in [-0.2, 0) is 38.6 Å². The second kappa shape index (κ2) is 13.2. The van der Waals surface area contributed by atoms with Crippen LogP contribution in [0.3, 0.4) is 0 Å². The molecular formula is C35H39N5O4. The molecule has 3 aromatic carbocycles. The number of carbonyl (C=O) groups excluding carboxylic acids is 4. The van der Waals surface area contributed by atoms with Gasteiger partial charge < -0.3 is 25.4 Å². The lowest BCUT2D eigenvalue weighted by molar-refractivity contribution is -0.146. The number of piperazine rings is 1. The summed E-state index contributed by atoms with van der Waals surface area (Å²) < 4.78 is 0. The molecule has 0 aliphatic carbocycles. The number of aromatic nitrogens is 1. The quantitative estimate of drug-likeness (QED) is 0.262. The molecule has 1 aliphatic heterocycles. The van der Waals surface area contributed by atoms with E-state index in [1.165, 1.54) is 10.5 Å². The molecule has 2 atom stereocenters. The number of rotatable bonds is 10. The minimum absolute atomic E-state index is 0.218. The van der Waals surface area contributed by atoms with Crippen LogP contribution in [0.5, 0.6) is 0 Å². The predicted octanol–water partition coefficient (Wildman–Crippen LogP) is 3.35. The lowest BCUT2D eigenvalue weighted by Gasteiger charge is -2.33. The van der Waals surface area contributed by atoms with Gasteiger partial charge in [-0.05, 0) is 60.2 Å². The van der Waals surface area contributed by atoms with Crippen molar-refractivity contribution in [2.45, 2.75) is 52.2 Å². The van der Waals surface area contributed by atoms with Gasteiger partial charge in [-0.15, -0.1) is 0 Å². The van der Waals surface area contributed by atoms with E-state index in [9.17, 15) is 19.2 Å². The maximum atomic E-state index is 13.9. The number of hydrogen-bond acceptors (Lipinski definition) is 4. The molecule has 1 saturated heterocycles. The van der Waals surface area contributed by atoms with E-state index in [4.69, 9.17) is 0 Å². The molecule has 44 heavy (non-hydrogen) atoms. The Kier molecular flexibility index (Phi) is 9.13. The smallest absolute Gasteiger partial charge is 0.246 e. The van der Waals surface area contributed by atoms with Crippen LogP contribution in [0.2, 0.25) is 0 Å². The standard InChI is InChI=1S/C35H39N5O4/c1-22-14-26(15-23(2)24(22)3)19-39(4)34(43)31(17-27-18-36-29-13-9-8-12-28(27)29)38-33(42)21-40-20-32(41)37-30(35(40)44)16-25-10-6-5-7-11-25/h5-15,18,30-31,36H,16-17,19-21H2,1-4H3,(H,37,41)(H,38,42). The van der Waals surface area contributed by atoms with Crippen molar-refractivity contribution in [3.05, 3.63) is 106 Å². The summed E-state index contributed by atoms with van der Waals surface area (Å²) in [5.74, 6) is -1.40. The summed E-state index contributed by atoms with van der Waals surface area (Å²) in [5.41, 5.74) is 7.28. The van der Waals surface area contributed by atoms with Gasteiger partial charge in [0.1, 0.15) is 25.2 Å². The van der Waals surface area contributed by atoms with Crippen LogP contribution < -0.4 is 10.6 Å². The van der Waals surface area contributed by atoms with Gasteiger partial charge in [0, 0.05) is 43.5 Å². The largest absolute Gasteiger partial charge is 0.361 e. The first-order valence-corrected chi connectivity index (χ1v) is 14.9. The summed E-state index contributed by atoms with van der Waals surface area (Å²) in [7, 11) is 1.73. The van der Waals surface area contributed by atoms with Crippen molar-refractivity contribution in [3.63, 3.8) is 0 Å². The Bertz CT molecular complexity index is 1670. The fourth-order valence-corrected chi connectivity index (χ4v) is 5.86.